The second-order valence-electron chi connectivity index (χ2n) is 8.03. The normalized spacial score (nSPS) is 16.0. The van der Waals surface area contributed by atoms with Crippen molar-refractivity contribution >= 4 is 22.9 Å². The number of halogens is 1. The van der Waals surface area contributed by atoms with E-state index in [9.17, 15) is 19.4 Å². The van der Waals surface area contributed by atoms with E-state index in [1.807, 2.05) is 24.3 Å². The fourth-order valence-electron chi connectivity index (χ4n) is 3.78. The lowest BCUT2D eigenvalue weighted by Crippen LogP contribution is -2.19. The van der Waals surface area contributed by atoms with Gasteiger partial charge in [0.2, 0.25) is 0 Å². The fourth-order valence-corrected chi connectivity index (χ4v) is 3.78. The summed E-state index contributed by atoms with van der Waals surface area (Å²) in [6.07, 6.45) is 2.96. The monoisotopic (exact) mass is 421 g/mol. The number of rotatable bonds is 8. The lowest BCUT2D eigenvalue weighted by Gasteiger charge is -2.13. The smallest absolute Gasteiger partial charge is 0.305 e. The number of carbonyl (C=O) groups is 1. The van der Waals surface area contributed by atoms with E-state index in [0.717, 1.165) is 46.1 Å². The maximum absolute atomic E-state index is 13.4. The van der Waals surface area contributed by atoms with Gasteiger partial charge in [0, 0.05) is 17.7 Å². The molecule has 1 aliphatic rings. The molecular formula is C25H24FNO4. The van der Waals surface area contributed by atoms with Gasteiger partial charge in [0.15, 0.2) is 0 Å². The van der Waals surface area contributed by atoms with Gasteiger partial charge in [-0.3, -0.25) is 9.78 Å². The number of carboxylic acids is 1. The largest absolute Gasteiger partial charge is 0.481 e. The summed E-state index contributed by atoms with van der Waals surface area (Å²) in [5.74, 6) is -1.01. The zero-order chi connectivity index (χ0) is 22.0. The Balaban J connectivity index is 1.68. The number of pyridine rings is 1. The number of carboxylic acid groups (broad SMARTS) is 1. The summed E-state index contributed by atoms with van der Waals surface area (Å²) in [7, 11) is 0. The summed E-state index contributed by atoms with van der Waals surface area (Å²) < 4.78 is 13.4. The standard InChI is InChI=1S/C25H24FNO4/c26-18-9-6-15(7-10-18)21-2-1-3-23-22(21)12-17(25(27-23)16-4-5-16)8-11-19(28)13-20(29)14-24(30)31/h1-3,6-12,16,19-20,28-29H,4-5,13-14H2,(H,30,31)/b11-8+/t19-,20-/m1/s1. The molecule has 160 valence electrons. The van der Waals surface area contributed by atoms with Crippen LogP contribution in [-0.2, 0) is 4.79 Å². The topological polar surface area (TPSA) is 90.7 Å². The second-order valence-corrected chi connectivity index (χ2v) is 8.03. The van der Waals surface area contributed by atoms with Crippen LogP contribution >= 0.6 is 0 Å². The molecule has 0 spiro atoms. The quantitative estimate of drug-likeness (QED) is 0.498. The first-order valence-electron chi connectivity index (χ1n) is 10.4. The van der Waals surface area contributed by atoms with Gasteiger partial charge < -0.3 is 15.3 Å². The van der Waals surface area contributed by atoms with Crippen molar-refractivity contribution < 1.29 is 24.5 Å². The number of hydrogen-bond acceptors (Lipinski definition) is 4. The number of fused-ring (bicyclic) bond motifs is 1. The number of benzene rings is 2. The zero-order valence-corrected chi connectivity index (χ0v) is 16.9. The van der Waals surface area contributed by atoms with E-state index in [2.05, 4.69) is 0 Å². The molecule has 0 aliphatic heterocycles. The van der Waals surface area contributed by atoms with Crippen LogP contribution in [0.25, 0.3) is 28.1 Å². The van der Waals surface area contributed by atoms with Gasteiger partial charge in [0.05, 0.1) is 29.8 Å². The molecule has 0 unspecified atom stereocenters. The van der Waals surface area contributed by atoms with Crippen molar-refractivity contribution in [1.82, 2.24) is 4.98 Å². The van der Waals surface area contributed by atoms with E-state index in [1.54, 1.807) is 24.3 Å². The summed E-state index contributed by atoms with van der Waals surface area (Å²) in [6, 6.07) is 14.2. The number of aliphatic hydroxyl groups excluding tert-OH is 2. The number of aromatic nitrogens is 1. The van der Waals surface area contributed by atoms with Crippen molar-refractivity contribution in [2.45, 2.75) is 43.8 Å². The molecule has 0 bridgehead atoms. The summed E-state index contributed by atoms with van der Waals surface area (Å²) in [6.45, 7) is 0. The predicted octanol–water partition coefficient (Wildman–Crippen LogP) is 4.52. The van der Waals surface area contributed by atoms with Crippen molar-refractivity contribution in [2.75, 3.05) is 0 Å². The van der Waals surface area contributed by atoms with E-state index < -0.39 is 24.6 Å². The van der Waals surface area contributed by atoms with Crippen LogP contribution in [0, 0.1) is 5.82 Å². The molecule has 4 rings (SSSR count). The molecule has 0 radical (unpaired) electrons. The lowest BCUT2D eigenvalue weighted by atomic mass is 9.97. The van der Waals surface area contributed by atoms with Crippen molar-refractivity contribution in [3.8, 4) is 11.1 Å². The Morgan fingerprint density at radius 3 is 2.58 bits per heavy atom. The third kappa shape index (κ3) is 5.16. The van der Waals surface area contributed by atoms with Crippen LogP contribution < -0.4 is 0 Å². The van der Waals surface area contributed by atoms with Crippen LogP contribution in [0.4, 0.5) is 4.39 Å². The molecule has 1 aliphatic carbocycles. The first kappa shape index (κ1) is 21.2. The average molecular weight is 421 g/mol. The van der Waals surface area contributed by atoms with Gasteiger partial charge in [-0.25, -0.2) is 4.39 Å². The van der Waals surface area contributed by atoms with Gasteiger partial charge in [0.25, 0.3) is 0 Å². The van der Waals surface area contributed by atoms with E-state index in [-0.39, 0.29) is 12.2 Å². The SMILES string of the molecule is O=C(O)C[C@H](O)C[C@H](O)/C=C/c1cc2c(-c3ccc(F)cc3)cccc2nc1C1CC1. The van der Waals surface area contributed by atoms with Gasteiger partial charge >= 0.3 is 5.97 Å². The van der Waals surface area contributed by atoms with Gasteiger partial charge in [0.1, 0.15) is 5.82 Å². The fraction of sp³-hybridized carbons (Fsp3) is 0.280. The van der Waals surface area contributed by atoms with Crippen molar-refractivity contribution in [3.05, 3.63) is 71.7 Å². The Labute approximate surface area is 179 Å². The molecule has 0 saturated heterocycles. The predicted molar refractivity (Wildman–Crippen MR) is 117 cm³/mol. The Bertz CT molecular complexity index is 1120. The molecule has 6 heteroatoms. The van der Waals surface area contributed by atoms with Crippen LogP contribution in [0.1, 0.15) is 42.9 Å². The minimum Gasteiger partial charge on any atom is -0.481 e. The van der Waals surface area contributed by atoms with Crippen LogP contribution in [0.5, 0.6) is 0 Å². The van der Waals surface area contributed by atoms with E-state index >= 15 is 0 Å². The number of aliphatic hydroxyl groups is 2. The summed E-state index contributed by atoms with van der Waals surface area (Å²) in [5.41, 5.74) is 4.55. The minimum atomic E-state index is -1.11. The lowest BCUT2D eigenvalue weighted by molar-refractivity contribution is -0.139. The number of hydrogen-bond donors (Lipinski definition) is 3. The zero-order valence-electron chi connectivity index (χ0n) is 16.9. The highest BCUT2D eigenvalue weighted by Gasteiger charge is 2.27. The summed E-state index contributed by atoms with van der Waals surface area (Å²) >= 11 is 0. The molecule has 31 heavy (non-hydrogen) atoms. The first-order valence-corrected chi connectivity index (χ1v) is 10.4. The maximum atomic E-state index is 13.4. The Morgan fingerprint density at radius 1 is 1.16 bits per heavy atom. The summed E-state index contributed by atoms with van der Waals surface area (Å²) in [4.78, 5) is 15.6. The maximum Gasteiger partial charge on any atom is 0.305 e. The molecule has 3 aromatic rings. The molecule has 2 aromatic carbocycles. The van der Waals surface area contributed by atoms with Crippen LogP contribution in [0.2, 0.25) is 0 Å². The van der Waals surface area contributed by atoms with E-state index in [0.29, 0.717) is 5.92 Å². The van der Waals surface area contributed by atoms with E-state index in [1.165, 1.54) is 12.1 Å². The highest BCUT2D eigenvalue weighted by atomic mass is 19.1. The molecule has 1 aromatic heterocycles. The van der Waals surface area contributed by atoms with Crippen molar-refractivity contribution in [3.63, 3.8) is 0 Å². The minimum absolute atomic E-state index is 0.0522. The van der Waals surface area contributed by atoms with Gasteiger partial charge in [-0.1, -0.05) is 36.4 Å². The molecular weight excluding hydrogens is 397 g/mol. The Kier molecular flexibility index (Phi) is 6.11. The third-order valence-corrected chi connectivity index (χ3v) is 5.46. The molecule has 5 nitrogen and oxygen atoms in total. The molecule has 2 atom stereocenters. The van der Waals surface area contributed by atoms with Crippen LogP contribution in [0.3, 0.4) is 0 Å². The molecule has 3 N–H and O–H groups in total. The highest BCUT2D eigenvalue weighted by molar-refractivity contribution is 5.96. The van der Waals surface area contributed by atoms with E-state index in [4.69, 9.17) is 10.1 Å². The second kappa shape index (κ2) is 8.96. The average Bonchev–Trinajstić information content (AvgIpc) is 3.56. The van der Waals surface area contributed by atoms with Crippen molar-refractivity contribution in [1.29, 1.82) is 0 Å². The summed E-state index contributed by atoms with van der Waals surface area (Å²) in [5, 5.41) is 29.7. The van der Waals surface area contributed by atoms with Crippen LogP contribution in [0.15, 0.2) is 54.6 Å². The first-order chi connectivity index (χ1) is 14.9. The Morgan fingerprint density at radius 2 is 1.90 bits per heavy atom. The van der Waals surface area contributed by atoms with Gasteiger partial charge in [-0.15, -0.1) is 0 Å². The molecule has 1 fully saturated rings. The third-order valence-electron chi connectivity index (χ3n) is 5.46. The highest BCUT2D eigenvalue weighted by Crippen LogP contribution is 2.42. The molecule has 1 heterocycles. The van der Waals surface area contributed by atoms with Gasteiger partial charge in [-0.2, -0.15) is 0 Å². The number of nitrogens with zero attached hydrogens (tertiary/aromatic N) is 1. The molecule has 1 saturated carbocycles. The Hall–Kier alpha value is -3.09. The molecule has 0 amide bonds. The van der Waals surface area contributed by atoms with Gasteiger partial charge in [-0.05, 0) is 53.8 Å². The number of aliphatic carboxylic acids is 1. The van der Waals surface area contributed by atoms with Crippen molar-refractivity contribution in [2.24, 2.45) is 0 Å². The van der Waals surface area contributed by atoms with Crippen LogP contribution in [-0.4, -0.2) is 38.5 Å².